The Bertz CT molecular complexity index is 677. The fourth-order valence-corrected chi connectivity index (χ4v) is 2.38. The molecule has 118 valence electrons. The van der Waals surface area contributed by atoms with E-state index in [-0.39, 0.29) is 11.2 Å². The number of ether oxygens (including phenoxy) is 1. The lowest BCUT2D eigenvalue weighted by Gasteiger charge is -2.16. The van der Waals surface area contributed by atoms with E-state index in [4.69, 9.17) is 10.5 Å². The van der Waals surface area contributed by atoms with Gasteiger partial charge in [0, 0.05) is 12.1 Å². The van der Waals surface area contributed by atoms with Gasteiger partial charge in [0.1, 0.15) is 5.75 Å². The Kier molecular flexibility index (Phi) is 5.64. The Morgan fingerprint density at radius 1 is 1.09 bits per heavy atom. The van der Waals surface area contributed by atoms with Crippen LogP contribution in [-0.4, -0.2) is 11.2 Å². The molecule has 2 N–H and O–H groups in total. The molecule has 0 saturated carbocycles. The van der Waals surface area contributed by atoms with Crippen LogP contribution in [0.1, 0.15) is 33.1 Å². The molecule has 22 heavy (non-hydrogen) atoms. The largest absolute Gasteiger partial charge is 0.493 e. The highest BCUT2D eigenvalue weighted by atomic mass is 16.5. The molecule has 4 heteroatoms. The molecule has 4 nitrogen and oxygen atoms in total. The van der Waals surface area contributed by atoms with Gasteiger partial charge in [-0.15, -0.1) is 0 Å². The van der Waals surface area contributed by atoms with Gasteiger partial charge in [0.05, 0.1) is 18.0 Å². The van der Waals surface area contributed by atoms with Gasteiger partial charge in [-0.05, 0) is 37.1 Å². The molecule has 2 rings (SSSR count). The van der Waals surface area contributed by atoms with E-state index < -0.39 is 0 Å². The number of nitrogens with zero attached hydrogens (tertiary/aromatic N) is 1. The first-order valence-electron chi connectivity index (χ1n) is 7.90. The number of nitrogens with two attached hydrogens (primary N) is 1. The lowest BCUT2D eigenvalue weighted by Crippen LogP contribution is -2.24. The highest BCUT2D eigenvalue weighted by Gasteiger charge is 2.12. The second kappa shape index (κ2) is 7.69. The molecule has 1 aromatic carbocycles. The second-order valence-corrected chi connectivity index (χ2v) is 5.33. The van der Waals surface area contributed by atoms with E-state index in [0.29, 0.717) is 13.2 Å². The van der Waals surface area contributed by atoms with Crippen LogP contribution in [-0.2, 0) is 6.54 Å². The third kappa shape index (κ3) is 3.50. The van der Waals surface area contributed by atoms with Gasteiger partial charge < -0.3 is 15.0 Å². The van der Waals surface area contributed by atoms with Crippen molar-refractivity contribution in [3.05, 3.63) is 46.8 Å². The summed E-state index contributed by atoms with van der Waals surface area (Å²) in [6.45, 7) is 5.50. The standard InChI is InChI=1S/C18H24N2O2/c1-3-5-12-20-16(11-10-15(19)18(20)21)14-8-6-7-9-17(14)22-13-4-2/h6-11H,3-5,12-13,19H2,1-2H3. The number of anilines is 1. The van der Waals surface area contributed by atoms with E-state index in [0.717, 1.165) is 36.3 Å². The van der Waals surface area contributed by atoms with Gasteiger partial charge in [-0.1, -0.05) is 32.4 Å². The molecule has 0 unspecified atom stereocenters. The summed E-state index contributed by atoms with van der Waals surface area (Å²) in [5.74, 6) is 0.804. The molecule has 0 aliphatic heterocycles. The molecule has 2 aromatic rings. The van der Waals surface area contributed by atoms with E-state index >= 15 is 0 Å². The summed E-state index contributed by atoms with van der Waals surface area (Å²) in [6.07, 6.45) is 2.90. The number of hydrogen-bond acceptors (Lipinski definition) is 3. The fraction of sp³-hybridized carbons (Fsp3) is 0.389. The summed E-state index contributed by atoms with van der Waals surface area (Å²) in [5.41, 5.74) is 7.74. The van der Waals surface area contributed by atoms with E-state index in [1.807, 2.05) is 30.3 Å². The van der Waals surface area contributed by atoms with Crippen LogP contribution in [0.5, 0.6) is 5.75 Å². The van der Waals surface area contributed by atoms with E-state index in [1.54, 1.807) is 10.6 Å². The number of hydrogen-bond donors (Lipinski definition) is 1. The van der Waals surface area contributed by atoms with Crippen molar-refractivity contribution in [2.45, 2.75) is 39.7 Å². The van der Waals surface area contributed by atoms with Crippen molar-refractivity contribution in [2.75, 3.05) is 12.3 Å². The van der Waals surface area contributed by atoms with Crippen molar-refractivity contribution < 1.29 is 4.74 Å². The second-order valence-electron chi connectivity index (χ2n) is 5.33. The molecule has 0 fully saturated rings. The van der Waals surface area contributed by atoms with Crippen LogP contribution in [0.15, 0.2) is 41.2 Å². The van der Waals surface area contributed by atoms with Gasteiger partial charge in [-0.3, -0.25) is 4.79 Å². The van der Waals surface area contributed by atoms with Crippen molar-refractivity contribution in [1.82, 2.24) is 4.57 Å². The number of para-hydroxylation sites is 1. The first kappa shape index (κ1) is 16.1. The van der Waals surface area contributed by atoms with Crippen LogP contribution in [0.4, 0.5) is 5.69 Å². The minimum Gasteiger partial charge on any atom is -0.493 e. The van der Waals surface area contributed by atoms with E-state index in [2.05, 4.69) is 13.8 Å². The van der Waals surface area contributed by atoms with Crippen molar-refractivity contribution >= 4 is 5.69 Å². The predicted molar refractivity (Wildman–Crippen MR) is 91.2 cm³/mol. The van der Waals surface area contributed by atoms with Gasteiger partial charge in [-0.2, -0.15) is 0 Å². The summed E-state index contributed by atoms with van der Waals surface area (Å²) in [7, 11) is 0. The number of pyridine rings is 1. The Morgan fingerprint density at radius 2 is 1.86 bits per heavy atom. The summed E-state index contributed by atoms with van der Waals surface area (Å²) >= 11 is 0. The SMILES string of the molecule is CCCCn1c(-c2ccccc2OCCC)ccc(N)c1=O. The number of rotatable bonds is 7. The molecule has 0 aliphatic carbocycles. The first-order valence-corrected chi connectivity index (χ1v) is 7.90. The summed E-state index contributed by atoms with van der Waals surface area (Å²) in [4.78, 5) is 12.4. The number of nitrogen functional groups attached to an aromatic ring is 1. The van der Waals surface area contributed by atoms with E-state index in [1.165, 1.54) is 0 Å². The zero-order valence-electron chi connectivity index (χ0n) is 13.3. The molecule has 0 saturated heterocycles. The summed E-state index contributed by atoms with van der Waals surface area (Å²) in [6, 6.07) is 11.4. The Balaban J connectivity index is 2.52. The molecule has 0 atom stereocenters. The Morgan fingerprint density at radius 3 is 2.59 bits per heavy atom. The maximum absolute atomic E-state index is 12.4. The fourth-order valence-electron chi connectivity index (χ4n) is 2.38. The average molecular weight is 300 g/mol. The zero-order valence-corrected chi connectivity index (χ0v) is 13.3. The quantitative estimate of drug-likeness (QED) is 0.848. The highest BCUT2D eigenvalue weighted by molar-refractivity contribution is 5.68. The van der Waals surface area contributed by atoms with Crippen molar-refractivity contribution in [1.29, 1.82) is 0 Å². The van der Waals surface area contributed by atoms with Crippen LogP contribution in [0.3, 0.4) is 0 Å². The summed E-state index contributed by atoms with van der Waals surface area (Å²) in [5, 5.41) is 0. The molecular weight excluding hydrogens is 276 g/mol. The van der Waals surface area contributed by atoms with Gasteiger partial charge in [-0.25, -0.2) is 0 Å². The van der Waals surface area contributed by atoms with E-state index in [9.17, 15) is 4.79 Å². The third-order valence-corrected chi connectivity index (χ3v) is 3.56. The number of unbranched alkanes of at least 4 members (excludes halogenated alkanes) is 1. The first-order chi connectivity index (χ1) is 10.7. The normalized spacial score (nSPS) is 10.6. The molecule has 0 spiro atoms. The third-order valence-electron chi connectivity index (χ3n) is 3.56. The molecule has 0 amide bonds. The molecule has 0 aliphatic rings. The Labute approximate surface area is 131 Å². The van der Waals surface area contributed by atoms with Gasteiger partial charge in [0.2, 0.25) is 0 Å². The maximum atomic E-state index is 12.4. The molecular formula is C18H24N2O2. The highest BCUT2D eigenvalue weighted by Crippen LogP contribution is 2.29. The monoisotopic (exact) mass is 300 g/mol. The zero-order chi connectivity index (χ0) is 15.9. The smallest absolute Gasteiger partial charge is 0.274 e. The van der Waals surface area contributed by atoms with Crippen LogP contribution in [0.25, 0.3) is 11.3 Å². The van der Waals surface area contributed by atoms with Crippen LogP contribution in [0, 0.1) is 0 Å². The van der Waals surface area contributed by atoms with Gasteiger partial charge >= 0.3 is 0 Å². The van der Waals surface area contributed by atoms with Crippen LogP contribution >= 0.6 is 0 Å². The molecule has 0 bridgehead atoms. The molecule has 1 heterocycles. The lowest BCUT2D eigenvalue weighted by molar-refractivity contribution is 0.318. The predicted octanol–water partition coefficient (Wildman–Crippen LogP) is 3.69. The van der Waals surface area contributed by atoms with Crippen LogP contribution < -0.4 is 16.0 Å². The van der Waals surface area contributed by atoms with Crippen LogP contribution in [0.2, 0.25) is 0 Å². The Hall–Kier alpha value is -2.23. The van der Waals surface area contributed by atoms with Gasteiger partial charge in [0.25, 0.3) is 5.56 Å². The maximum Gasteiger partial charge on any atom is 0.274 e. The minimum absolute atomic E-state index is 0.128. The average Bonchev–Trinajstić information content (AvgIpc) is 2.54. The number of aromatic nitrogens is 1. The van der Waals surface area contributed by atoms with Crippen molar-refractivity contribution in [2.24, 2.45) is 0 Å². The van der Waals surface area contributed by atoms with Gasteiger partial charge in [0.15, 0.2) is 0 Å². The van der Waals surface area contributed by atoms with Crippen molar-refractivity contribution in [3.8, 4) is 17.0 Å². The van der Waals surface area contributed by atoms with Crippen molar-refractivity contribution in [3.63, 3.8) is 0 Å². The lowest BCUT2D eigenvalue weighted by atomic mass is 10.1. The minimum atomic E-state index is -0.128. The summed E-state index contributed by atoms with van der Waals surface area (Å²) < 4.78 is 7.58. The molecule has 0 radical (unpaired) electrons. The molecule has 1 aromatic heterocycles. The number of benzene rings is 1. The topological polar surface area (TPSA) is 57.2 Å².